The zero-order chi connectivity index (χ0) is 18.1. The molecule has 0 aromatic rings. The average Bonchev–Trinajstić information content (AvgIpc) is 2.94. The molecule has 2 rings (SSSR count). The Morgan fingerprint density at radius 2 is 2.04 bits per heavy atom. The monoisotopic (exact) mass is 353 g/mol. The summed E-state index contributed by atoms with van der Waals surface area (Å²) in [6, 6.07) is 0.207. The molecule has 4 nitrogen and oxygen atoms in total. The standard InChI is InChI=1S/C19H35NO3Si/c1-14(2)19(10-9-16(21)12-17(19)24(4,5)6)18(22)20-11-7-8-15(20)13-23-3/h14-15,17H,7-13H2,1-6H3/t15-,17?,19+/m0/s1. The number of ether oxygens (including phenoxy) is 1. The van der Waals surface area contributed by atoms with E-state index in [9.17, 15) is 9.59 Å². The normalized spacial score (nSPS) is 31.8. The maximum absolute atomic E-state index is 13.8. The molecule has 2 aliphatic rings. The van der Waals surface area contributed by atoms with Gasteiger partial charge in [-0.3, -0.25) is 9.59 Å². The number of ketones is 1. The Hall–Kier alpha value is -0.683. The summed E-state index contributed by atoms with van der Waals surface area (Å²) in [6.07, 6.45) is 3.98. The molecule has 0 spiro atoms. The van der Waals surface area contributed by atoms with Crippen LogP contribution in [0.4, 0.5) is 0 Å². The molecule has 3 atom stereocenters. The fourth-order valence-corrected chi connectivity index (χ4v) is 8.03. The molecule has 1 saturated heterocycles. The van der Waals surface area contributed by atoms with Gasteiger partial charge in [-0.15, -0.1) is 0 Å². The Morgan fingerprint density at radius 3 is 2.58 bits per heavy atom. The molecule has 1 aliphatic heterocycles. The highest BCUT2D eigenvalue weighted by Crippen LogP contribution is 2.55. The highest BCUT2D eigenvalue weighted by molar-refractivity contribution is 6.78. The molecule has 0 bridgehead atoms. The number of hydrogen-bond donors (Lipinski definition) is 0. The molecular formula is C19H35NO3Si. The molecule has 5 heteroatoms. The molecule has 1 heterocycles. The van der Waals surface area contributed by atoms with Crippen LogP contribution >= 0.6 is 0 Å². The first-order valence-electron chi connectivity index (χ1n) is 9.46. The van der Waals surface area contributed by atoms with Crippen molar-refractivity contribution in [1.82, 2.24) is 4.90 Å². The average molecular weight is 354 g/mol. The second kappa shape index (κ2) is 7.28. The third-order valence-corrected chi connectivity index (χ3v) is 9.15. The summed E-state index contributed by atoms with van der Waals surface area (Å²) < 4.78 is 5.36. The van der Waals surface area contributed by atoms with Crippen molar-refractivity contribution in [3.05, 3.63) is 0 Å². The van der Waals surface area contributed by atoms with Gasteiger partial charge in [-0.2, -0.15) is 0 Å². The van der Waals surface area contributed by atoms with E-state index in [1.807, 2.05) is 0 Å². The van der Waals surface area contributed by atoms with Crippen LogP contribution in [0.3, 0.4) is 0 Å². The zero-order valence-corrected chi connectivity index (χ0v) is 17.4. The second-order valence-electron chi connectivity index (χ2n) is 9.11. The number of carbonyl (C=O) groups is 2. The van der Waals surface area contributed by atoms with Crippen LogP contribution in [0.25, 0.3) is 0 Å². The summed E-state index contributed by atoms with van der Waals surface area (Å²) in [5, 5.41) is 0. The minimum atomic E-state index is -1.65. The number of carbonyl (C=O) groups excluding carboxylic acids is 2. The van der Waals surface area contributed by atoms with Gasteiger partial charge in [0, 0.05) is 34.6 Å². The zero-order valence-electron chi connectivity index (χ0n) is 16.4. The number of methoxy groups -OCH3 is 1. The second-order valence-corrected chi connectivity index (χ2v) is 14.5. The van der Waals surface area contributed by atoms with Crippen LogP contribution in [-0.2, 0) is 14.3 Å². The van der Waals surface area contributed by atoms with E-state index in [2.05, 4.69) is 38.4 Å². The summed E-state index contributed by atoms with van der Waals surface area (Å²) in [5.74, 6) is 0.914. The van der Waals surface area contributed by atoms with Crippen LogP contribution in [0.15, 0.2) is 0 Å². The Balaban J connectivity index is 2.41. The van der Waals surface area contributed by atoms with E-state index < -0.39 is 8.07 Å². The third kappa shape index (κ3) is 3.48. The fraction of sp³-hybridized carbons (Fsp3) is 0.895. The Kier molecular flexibility index (Phi) is 5.96. The Bertz CT molecular complexity index is 485. The van der Waals surface area contributed by atoms with Crippen LogP contribution in [0.2, 0.25) is 25.2 Å². The minimum absolute atomic E-state index is 0.207. The van der Waals surface area contributed by atoms with E-state index in [0.29, 0.717) is 31.1 Å². The SMILES string of the molecule is COC[C@@H]1CCCN1C(=O)[C@@]1(C(C)C)CCC(=O)CC1[Si](C)(C)C. The summed E-state index contributed by atoms with van der Waals surface area (Å²) in [5.41, 5.74) is -0.128. The summed E-state index contributed by atoms with van der Waals surface area (Å²) in [7, 11) is 0.0614. The highest BCUT2D eigenvalue weighted by Gasteiger charge is 2.57. The smallest absolute Gasteiger partial charge is 0.229 e. The van der Waals surface area contributed by atoms with E-state index in [1.165, 1.54) is 0 Å². The van der Waals surface area contributed by atoms with Gasteiger partial charge in [0.2, 0.25) is 5.91 Å². The van der Waals surface area contributed by atoms with Gasteiger partial charge >= 0.3 is 0 Å². The van der Waals surface area contributed by atoms with Gasteiger partial charge in [-0.1, -0.05) is 33.5 Å². The molecule has 24 heavy (non-hydrogen) atoms. The van der Waals surface area contributed by atoms with Gasteiger partial charge in [0.1, 0.15) is 5.78 Å². The van der Waals surface area contributed by atoms with Crippen LogP contribution in [-0.4, -0.2) is 51.0 Å². The van der Waals surface area contributed by atoms with Crippen LogP contribution < -0.4 is 0 Å². The first-order chi connectivity index (χ1) is 11.1. The topological polar surface area (TPSA) is 46.6 Å². The molecule has 1 aliphatic carbocycles. The molecule has 1 amide bonds. The van der Waals surface area contributed by atoms with E-state index in [0.717, 1.165) is 25.8 Å². The van der Waals surface area contributed by atoms with Crippen LogP contribution in [0.1, 0.15) is 46.0 Å². The molecule has 0 radical (unpaired) electrons. The summed E-state index contributed by atoms with van der Waals surface area (Å²) in [6.45, 7) is 12.8. The first-order valence-corrected chi connectivity index (χ1v) is 13.0. The number of nitrogens with zero attached hydrogens (tertiary/aromatic N) is 1. The number of likely N-dealkylation sites (tertiary alicyclic amines) is 1. The maximum Gasteiger partial charge on any atom is 0.229 e. The van der Waals surface area contributed by atoms with Crippen molar-refractivity contribution in [2.45, 2.75) is 77.2 Å². The molecule has 1 unspecified atom stereocenters. The lowest BCUT2D eigenvalue weighted by Crippen LogP contribution is -2.57. The highest BCUT2D eigenvalue weighted by atomic mass is 28.3. The van der Waals surface area contributed by atoms with Gasteiger partial charge in [-0.25, -0.2) is 0 Å². The van der Waals surface area contributed by atoms with Gasteiger partial charge in [0.25, 0.3) is 0 Å². The third-order valence-electron chi connectivity index (χ3n) is 6.34. The lowest BCUT2D eigenvalue weighted by Gasteiger charge is -2.52. The van der Waals surface area contributed by atoms with E-state index in [1.54, 1.807) is 7.11 Å². The quantitative estimate of drug-likeness (QED) is 0.708. The van der Waals surface area contributed by atoms with Gasteiger partial charge in [0.05, 0.1) is 18.1 Å². The van der Waals surface area contributed by atoms with Gasteiger partial charge in [0.15, 0.2) is 0 Å². The number of hydrogen-bond acceptors (Lipinski definition) is 3. The largest absolute Gasteiger partial charge is 0.383 e. The van der Waals surface area contributed by atoms with Crippen molar-refractivity contribution in [1.29, 1.82) is 0 Å². The molecule has 1 saturated carbocycles. The Labute approximate surface area is 148 Å². The molecule has 138 valence electrons. The maximum atomic E-state index is 13.8. The van der Waals surface area contributed by atoms with Crippen molar-refractivity contribution >= 4 is 19.8 Å². The van der Waals surface area contributed by atoms with Crippen molar-refractivity contribution in [2.75, 3.05) is 20.3 Å². The van der Waals surface area contributed by atoms with Crippen molar-refractivity contribution in [2.24, 2.45) is 11.3 Å². The lowest BCUT2D eigenvalue weighted by molar-refractivity contribution is -0.150. The molecule has 2 fully saturated rings. The van der Waals surface area contributed by atoms with Gasteiger partial charge in [-0.05, 0) is 30.7 Å². The van der Waals surface area contributed by atoms with Crippen molar-refractivity contribution in [3.8, 4) is 0 Å². The predicted octanol–water partition coefficient (Wildman–Crippen LogP) is 3.73. The summed E-state index contributed by atoms with van der Waals surface area (Å²) >= 11 is 0. The number of Topliss-reactive ketones (excluding diaryl/α,β-unsaturated/α-hetero) is 1. The van der Waals surface area contributed by atoms with E-state index >= 15 is 0 Å². The number of amides is 1. The molecule has 0 aromatic carbocycles. The fourth-order valence-electron chi connectivity index (χ4n) is 5.04. The minimum Gasteiger partial charge on any atom is -0.383 e. The van der Waals surface area contributed by atoms with E-state index in [4.69, 9.17) is 4.74 Å². The number of rotatable bonds is 5. The molecule has 0 aromatic heterocycles. The van der Waals surface area contributed by atoms with Crippen molar-refractivity contribution in [3.63, 3.8) is 0 Å². The molecule has 0 N–H and O–H groups in total. The van der Waals surface area contributed by atoms with Crippen LogP contribution in [0.5, 0.6) is 0 Å². The summed E-state index contributed by atoms with van der Waals surface area (Å²) in [4.78, 5) is 28.1. The molecular weight excluding hydrogens is 318 g/mol. The lowest BCUT2D eigenvalue weighted by atomic mass is 9.65. The van der Waals surface area contributed by atoms with E-state index in [-0.39, 0.29) is 22.9 Å². The van der Waals surface area contributed by atoms with Crippen molar-refractivity contribution < 1.29 is 14.3 Å². The van der Waals surface area contributed by atoms with Gasteiger partial charge < -0.3 is 9.64 Å². The Morgan fingerprint density at radius 1 is 1.38 bits per heavy atom. The first kappa shape index (κ1) is 19.6. The predicted molar refractivity (Wildman–Crippen MR) is 99.8 cm³/mol. The van der Waals surface area contributed by atoms with Crippen LogP contribution in [0, 0.1) is 11.3 Å².